The predicted octanol–water partition coefficient (Wildman–Crippen LogP) is 3.13. The molecule has 0 amide bonds. The summed E-state index contributed by atoms with van der Waals surface area (Å²) in [5.74, 6) is 0. The monoisotopic (exact) mass is 360 g/mol. The van der Waals surface area contributed by atoms with Gasteiger partial charge in [0.2, 0.25) is 0 Å². The summed E-state index contributed by atoms with van der Waals surface area (Å²) in [4.78, 5) is 2.49. The van der Waals surface area contributed by atoms with Crippen LogP contribution in [0, 0.1) is 6.92 Å². The SMILES string of the molecule is Cc1ccc(C2(CCNCCN3CCOCC3)CCOC(C)(C)C2)cc1. The van der Waals surface area contributed by atoms with Crippen LogP contribution in [-0.2, 0) is 14.9 Å². The summed E-state index contributed by atoms with van der Waals surface area (Å²) in [6.07, 6.45) is 3.38. The van der Waals surface area contributed by atoms with Gasteiger partial charge in [0.1, 0.15) is 0 Å². The van der Waals surface area contributed by atoms with Crippen molar-refractivity contribution in [2.45, 2.75) is 51.0 Å². The minimum Gasteiger partial charge on any atom is -0.379 e. The molecule has 26 heavy (non-hydrogen) atoms. The van der Waals surface area contributed by atoms with Crippen LogP contribution in [0.25, 0.3) is 0 Å². The third-order valence-corrected chi connectivity index (χ3v) is 5.99. The predicted molar refractivity (Wildman–Crippen MR) is 107 cm³/mol. The highest BCUT2D eigenvalue weighted by atomic mass is 16.5. The van der Waals surface area contributed by atoms with Crippen molar-refractivity contribution < 1.29 is 9.47 Å². The largest absolute Gasteiger partial charge is 0.379 e. The summed E-state index contributed by atoms with van der Waals surface area (Å²) in [6, 6.07) is 9.19. The van der Waals surface area contributed by atoms with Gasteiger partial charge < -0.3 is 14.8 Å². The molecule has 1 unspecified atom stereocenters. The van der Waals surface area contributed by atoms with Gasteiger partial charge in [-0.3, -0.25) is 4.90 Å². The smallest absolute Gasteiger partial charge is 0.0635 e. The van der Waals surface area contributed by atoms with E-state index < -0.39 is 0 Å². The molecular weight excluding hydrogens is 324 g/mol. The summed E-state index contributed by atoms with van der Waals surface area (Å²) < 4.78 is 11.5. The molecule has 1 atom stereocenters. The molecule has 0 bridgehead atoms. The Kier molecular flexibility index (Phi) is 6.73. The number of rotatable bonds is 7. The van der Waals surface area contributed by atoms with Crippen LogP contribution < -0.4 is 5.32 Å². The van der Waals surface area contributed by atoms with Crippen LogP contribution in [0.4, 0.5) is 0 Å². The van der Waals surface area contributed by atoms with Crippen LogP contribution in [0.1, 0.15) is 44.2 Å². The highest BCUT2D eigenvalue weighted by molar-refractivity contribution is 5.30. The fourth-order valence-electron chi connectivity index (χ4n) is 4.50. The lowest BCUT2D eigenvalue weighted by Gasteiger charge is -2.45. The van der Waals surface area contributed by atoms with E-state index in [9.17, 15) is 0 Å². The Labute approximate surface area is 159 Å². The lowest BCUT2D eigenvalue weighted by molar-refractivity contribution is -0.0840. The number of nitrogens with one attached hydrogen (secondary N) is 1. The van der Waals surface area contributed by atoms with E-state index in [0.717, 1.165) is 65.4 Å². The van der Waals surface area contributed by atoms with E-state index in [1.54, 1.807) is 0 Å². The summed E-state index contributed by atoms with van der Waals surface area (Å²) in [5.41, 5.74) is 2.99. The minimum absolute atomic E-state index is 0.0447. The third kappa shape index (κ3) is 5.29. The Morgan fingerprint density at radius 2 is 1.77 bits per heavy atom. The molecule has 0 spiro atoms. The van der Waals surface area contributed by atoms with Crippen LogP contribution in [0.3, 0.4) is 0 Å². The zero-order valence-electron chi connectivity index (χ0n) is 16.9. The molecule has 1 aromatic rings. The van der Waals surface area contributed by atoms with Gasteiger partial charge in [-0.25, -0.2) is 0 Å². The molecule has 2 saturated heterocycles. The number of aryl methyl sites for hydroxylation is 1. The molecule has 0 radical (unpaired) electrons. The second kappa shape index (κ2) is 8.83. The molecule has 2 heterocycles. The first-order chi connectivity index (χ1) is 12.5. The van der Waals surface area contributed by atoms with E-state index in [1.807, 2.05) is 0 Å². The molecule has 4 nitrogen and oxygen atoms in total. The highest BCUT2D eigenvalue weighted by Gasteiger charge is 2.41. The van der Waals surface area contributed by atoms with Gasteiger partial charge in [0.15, 0.2) is 0 Å². The number of morpholine rings is 1. The van der Waals surface area contributed by atoms with Gasteiger partial charge in [0.05, 0.1) is 18.8 Å². The molecule has 0 saturated carbocycles. The van der Waals surface area contributed by atoms with Crippen molar-refractivity contribution in [1.29, 1.82) is 0 Å². The summed E-state index contributed by atoms with van der Waals surface area (Å²) in [6.45, 7) is 14.6. The molecule has 4 heteroatoms. The molecular formula is C22H36N2O2. The maximum absolute atomic E-state index is 6.03. The van der Waals surface area contributed by atoms with Crippen LogP contribution >= 0.6 is 0 Å². The number of hydrogen-bond donors (Lipinski definition) is 1. The maximum Gasteiger partial charge on any atom is 0.0635 e. The van der Waals surface area contributed by atoms with Gasteiger partial charge in [-0.15, -0.1) is 0 Å². The first-order valence-electron chi connectivity index (χ1n) is 10.2. The number of benzene rings is 1. The van der Waals surface area contributed by atoms with Crippen molar-refractivity contribution in [1.82, 2.24) is 10.2 Å². The molecule has 2 fully saturated rings. The van der Waals surface area contributed by atoms with E-state index in [4.69, 9.17) is 9.47 Å². The molecule has 0 aromatic heterocycles. The lowest BCUT2D eigenvalue weighted by Crippen LogP contribution is -2.46. The molecule has 1 N–H and O–H groups in total. The van der Waals surface area contributed by atoms with Crippen molar-refractivity contribution >= 4 is 0 Å². The Morgan fingerprint density at radius 1 is 1.04 bits per heavy atom. The van der Waals surface area contributed by atoms with Crippen LogP contribution in [0.15, 0.2) is 24.3 Å². The molecule has 3 rings (SSSR count). The first kappa shape index (κ1) is 19.8. The van der Waals surface area contributed by atoms with E-state index in [1.165, 1.54) is 17.5 Å². The second-order valence-corrected chi connectivity index (χ2v) is 8.64. The lowest BCUT2D eigenvalue weighted by atomic mass is 9.67. The summed E-state index contributed by atoms with van der Waals surface area (Å²) in [5, 5.41) is 3.69. The third-order valence-electron chi connectivity index (χ3n) is 5.99. The van der Waals surface area contributed by atoms with E-state index >= 15 is 0 Å². The van der Waals surface area contributed by atoms with Crippen molar-refractivity contribution in [3.63, 3.8) is 0 Å². The van der Waals surface area contributed by atoms with Crippen LogP contribution in [0.5, 0.6) is 0 Å². The van der Waals surface area contributed by atoms with Crippen LogP contribution in [0.2, 0.25) is 0 Å². The molecule has 2 aliphatic heterocycles. The van der Waals surface area contributed by atoms with Gasteiger partial charge in [-0.2, -0.15) is 0 Å². The Bertz CT molecular complexity index is 552. The standard InChI is InChI=1S/C22H36N2O2/c1-19-4-6-20(7-5-19)22(9-15-26-21(2,3)18-22)8-10-23-11-12-24-13-16-25-17-14-24/h4-7,23H,8-18H2,1-3H3. The highest BCUT2D eigenvalue weighted by Crippen LogP contribution is 2.43. The van der Waals surface area contributed by atoms with Crippen LogP contribution in [-0.4, -0.2) is 63.0 Å². The first-order valence-corrected chi connectivity index (χ1v) is 10.2. The van der Waals surface area contributed by atoms with E-state index in [2.05, 4.69) is 55.3 Å². The topological polar surface area (TPSA) is 33.7 Å². The Hall–Kier alpha value is -0.940. The van der Waals surface area contributed by atoms with Gasteiger partial charge in [-0.1, -0.05) is 29.8 Å². The average Bonchev–Trinajstić information content (AvgIpc) is 2.62. The quantitative estimate of drug-likeness (QED) is 0.758. The number of nitrogens with zero attached hydrogens (tertiary/aromatic N) is 1. The molecule has 0 aliphatic carbocycles. The summed E-state index contributed by atoms with van der Waals surface area (Å²) >= 11 is 0. The molecule has 2 aliphatic rings. The van der Waals surface area contributed by atoms with Gasteiger partial charge in [0, 0.05) is 38.2 Å². The molecule has 146 valence electrons. The summed E-state index contributed by atoms with van der Waals surface area (Å²) in [7, 11) is 0. The van der Waals surface area contributed by atoms with E-state index in [-0.39, 0.29) is 11.0 Å². The van der Waals surface area contributed by atoms with Gasteiger partial charge >= 0.3 is 0 Å². The number of ether oxygens (including phenoxy) is 2. The van der Waals surface area contributed by atoms with Crippen molar-refractivity contribution in [2.75, 3.05) is 52.5 Å². The zero-order chi connectivity index (χ0) is 18.5. The second-order valence-electron chi connectivity index (χ2n) is 8.64. The Balaban J connectivity index is 1.56. The van der Waals surface area contributed by atoms with Crippen molar-refractivity contribution in [3.8, 4) is 0 Å². The van der Waals surface area contributed by atoms with Crippen molar-refractivity contribution in [2.24, 2.45) is 0 Å². The van der Waals surface area contributed by atoms with Gasteiger partial charge in [-0.05, 0) is 52.1 Å². The molecule has 1 aromatic carbocycles. The fraction of sp³-hybridized carbons (Fsp3) is 0.727. The zero-order valence-corrected chi connectivity index (χ0v) is 16.9. The van der Waals surface area contributed by atoms with E-state index in [0.29, 0.717) is 0 Å². The number of hydrogen-bond acceptors (Lipinski definition) is 4. The normalized spacial score (nSPS) is 26.7. The fourth-order valence-corrected chi connectivity index (χ4v) is 4.50. The van der Waals surface area contributed by atoms with Crippen molar-refractivity contribution in [3.05, 3.63) is 35.4 Å². The maximum atomic E-state index is 6.03. The average molecular weight is 361 g/mol. The Morgan fingerprint density at radius 3 is 2.46 bits per heavy atom. The van der Waals surface area contributed by atoms with Gasteiger partial charge in [0.25, 0.3) is 0 Å². The minimum atomic E-state index is -0.0447.